The quantitative estimate of drug-likeness (QED) is 0.896. The van der Waals surface area contributed by atoms with Gasteiger partial charge in [-0.05, 0) is 30.9 Å². The molecule has 5 heteroatoms. The number of hydrogen-bond donors (Lipinski definition) is 2. The highest BCUT2D eigenvalue weighted by atomic mass is 16.5. The summed E-state index contributed by atoms with van der Waals surface area (Å²) in [6, 6.07) is 7.09. The van der Waals surface area contributed by atoms with Gasteiger partial charge in [0.05, 0.1) is 0 Å². The molecule has 2 N–H and O–H groups in total. The van der Waals surface area contributed by atoms with Gasteiger partial charge < -0.3 is 10.1 Å². The van der Waals surface area contributed by atoms with Gasteiger partial charge in [0.15, 0.2) is 6.10 Å². The van der Waals surface area contributed by atoms with E-state index in [2.05, 4.69) is 31.4 Å². The molecule has 1 aromatic carbocycles. The van der Waals surface area contributed by atoms with Gasteiger partial charge in [0.25, 0.3) is 5.91 Å². The minimum atomic E-state index is -0.754. The van der Waals surface area contributed by atoms with Crippen molar-refractivity contribution in [3.05, 3.63) is 29.8 Å². The Balaban J connectivity index is 2.77. The monoisotopic (exact) mass is 292 g/mol. The fourth-order valence-corrected chi connectivity index (χ4v) is 1.85. The number of carbonyl (C=O) groups is 2. The molecule has 0 radical (unpaired) electrons. The molecule has 0 saturated heterocycles. The molecule has 0 aliphatic rings. The number of para-hydroxylation sites is 1. The molecule has 0 aliphatic heterocycles. The Bertz CT molecular complexity index is 506. The number of ether oxygens (including phenoxy) is 1. The molecule has 0 spiro atoms. The molecule has 5 nitrogen and oxygen atoms in total. The summed E-state index contributed by atoms with van der Waals surface area (Å²) in [5.74, 6) is 0.188. The van der Waals surface area contributed by atoms with Gasteiger partial charge in [0.1, 0.15) is 5.75 Å². The van der Waals surface area contributed by atoms with E-state index in [-0.39, 0.29) is 5.41 Å². The Kier molecular flexibility index (Phi) is 5.76. The van der Waals surface area contributed by atoms with Crippen molar-refractivity contribution in [2.24, 2.45) is 0 Å². The normalized spacial score (nSPS) is 12.4. The van der Waals surface area contributed by atoms with Crippen molar-refractivity contribution in [3.63, 3.8) is 0 Å². The average molecular weight is 292 g/mol. The lowest BCUT2D eigenvalue weighted by Gasteiger charge is -2.24. The Morgan fingerprint density at radius 2 is 1.86 bits per heavy atom. The number of benzene rings is 1. The third-order valence-electron chi connectivity index (χ3n) is 2.94. The van der Waals surface area contributed by atoms with Crippen LogP contribution in [0.1, 0.15) is 40.2 Å². The Morgan fingerprint density at radius 1 is 1.24 bits per heavy atom. The molecule has 3 amide bonds. The molecule has 0 aromatic heterocycles. The molecule has 1 aromatic rings. The summed E-state index contributed by atoms with van der Waals surface area (Å²) in [5, 5.41) is 4.75. The number of rotatable bonds is 4. The number of nitrogens with one attached hydrogen (secondary N) is 2. The third-order valence-corrected chi connectivity index (χ3v) is 2.94. The van der Waals surface area contributed by atoms with Crippen molar-refractivity contribution in [1.29, 1.82) is 0 Å². The first kappa shape index (κ1) is 17.0. The number of carbonyl (C=O) groups excluding carboxylic acids is 2. The Labute approximate surface area is 126 Å². The van der Waals surface area contributed by atoms with Crippen molar-refractivity contribution < 1.29 is 14.3 Å². The summed E-state index contributed by atoms with van der Waals surface area (Å²) in [7, 11) is 0. The van der Waals surface area contributed by atoms with Gasteiger partial charge in [-0.2, -0.15) is 0 Å². The van der Waals surface area contributed by atoms with Crippen LogP contribution in [0, 0.1) is 0 Å². The first-order valence-electron chi connectivity index (χ1n) is 7.10. The highest BCUT2D eigenvalue weighted by Gasteiger charge is 2.22. The zero-order valence-electron chi connectivity index (χ0n) is 13.3. The van der Waals surface area contributed by atoms with Crippen LogP contribution in [0.15, 0.2) is 24.3 Å². The van der Waals surface area contributed by atoms with Crippen LogP contribution in [0.4, 0.5) is 4.79 Å². The van der Waals surface area contributed by atoms with Crippen LogP contribution in [-0.2, 0) is 10.2 Å². The second-order valence-electron chi connectivity index (χ2n) is 5.85. The number of imide groups is 1. The van der Waals surface area contributed by atoms with E-state index in [1.807, 2.05) is 24.3 Å². The van der Waals surface area contributed by atoms with Crippen LogP contribution >= 0.6 is 0 Å². The van der Waals surface area contributed by atoms with E-state index in [4.69, 9.17) is 4.74 Å². The summed E-state index contributed by atoms with van der Waals surface area (Å²) < 4.78 is 5.72. The van der Waals surface area contributed by atoms with Gasteiger partial charge in [0, 0.05) is 6.54 Å². The lowest BCUT2D eigenvalue weighted by atomic mass is 9.86. The highest BCUT2D eigenvalue weighted by molar-refractivity contribution is 5.96. The topological polar surface area (TPSA) is 67.4 Å². The molecule has 1 unspecified atom stereocenters. The van der Waals surface area contributed by atoms with Crippen LogP contribution in [0.3, 0.4) is 0 Å². The summed E-state index contributed by atoms with van der Waals surface area (Å²) in [4.78, 5) is 23.2. The molecule has 0 heterocycles. The van der Waals surface area contributed by atoms with Crippen LogP contribution in [0.5, 0.6) is 5.75 Å². The van der Waals surface area contributed by atoms with E-state index >= 15 is 0 Å². The maximum atomic E-state index is 11.9. The van der Waals surface area contributed by atoms with Crippen LogP contribution < -0.4 is 15.4 Å². The number of urea groups is 1. The van der Waals surface area contributed by atoms with Gasteiger partial charge in [-0.25, -0.2) is 4.79 Å². The van der Waals surface area contributed by atoms with Gasteiger partial charge in [0.2, 0.25) is 0 Å². The largest absolute Gasteiger partial charge is 0.481 e. The van der Waals surface area contributed by atoms with Crippen molar-refractivity contribution in [1.82, 2.24) is 10.6 Å². The molecule has 0 bridgehead atoms. The van der Waals surface area contributed by atoms with E-state index in [1.54, 1.807) is 13.8 Å². The predicted octanol–water partition coefficient (Wildman–Crippen LogP) is 2.60. The summed E-state index contributed by atoms with van der Waals surface area (Å²) in [5.41, 5.74) is 0.925. The molecule has 1 rings (SSSR count). The Hall–Kier alpha value is -2.04. The SMILES string of the molecule is CCNC(=O)NC(=O)C(C)Oc1ccccc1C(C)(C)C. The standard InChI is InChI=1S/C16H24N2O3/c1-6-17-15(20)18-14(19)11(2)21-13-10-8-7-9-12(13)16(3,4)5/h7-11H,6H2,1-5H3,(H2,17,18,19,20). The summed E-state index contributed by atoms with van der Waals surface area (Å²) in [6.45, 7) is 10.1. The molecule has 21 heavy (non-hydrogen) atoms. The van der Waals surface area contributed by atoms with E-state index in [9.17, 15) is 9.59 Å². The second-order valence-corrected chi connectivity index (χ2v) is 5.85. The van der Waals surface area contributed by atoms with Crippen molar-refractivity contribution in [3.8, 4) is 5.75 Å². The predicted molar refractivity (Wildman–Crippen MR) is 82.4 cm³/mol. The van der Waals surface area contributed by atoms with Gasteiger partial charge >= 0.3 is 6.03 Å². The maximum absolute atomic E-state index is 11.9. The van der Waals surface area contributed by atoms with Crippen LogP contribution in [-0.4, -0.2) is 24.6 Å². The molecule has 116 valence electrons. The van der Waals surface area contributed by atoms with E-state index in [0.29, 0.717) is 12.3 Å². The van der Waals surface area contributed by atoms with Crippen LogP contribution in [0.25, 0.3) is 0 Å². The summed E-state index contributed by atoms with van der Waals surface area (Å²) in [6.07, 6.45) is -0.754. The molecule has 0 saturated carbocycles. The lowest BCUT2D eigenvalue weighted by Crippen LogP contribution is -2.45. The van der Waals surface area contributed by atoms with Crippen molar-refractivity contribution in [2.75, 3.05) is 6.54 Å². The van der Waals surface area contributed by atoms with E-state index < -0.39 is 18.0 Å². The molecule has 0 fully saturated rings. The third kappa shape index (κ3) is 5.10. The molecular formula is C16H24N2O3. The minimum Gasteiger partial charge on any atom is -0.481 e. The van der Waals surface area contributed by atoms with Crippen molar-refractivity contribution >= 4 is 11.9 Å². The minimum absolute atomic E-state index is 0.0909. The fourth-order valence-electron chi connectivity index (χ4n) is 1.85. The first-order chi connectivity index (χ1) is 9.75. The molecular weight excluding hydrogens is 268 g/mol. The van der Waals surface area contributed by atoms with Gasteiger partial charge in [-0.3, -0.25) is 10.1 Å². The number of amides is 3. The smallest absolute Gasteiger partial charge is 0.321 e. The zero-order chi connectivity index (χ0) is 16.0. The van der Waals surface area contributed by atoms with Gasteiger partial charge in [-0.15, -0.1) is 0 Å². The Morgan fingerprint density at radius 3 is 2.43 bits per heavy atom. The van der Waals surface area contributed by atoms with Crippen molar-refractivity contribution in [2.45, 2.75) is 46.1 Å². The fraction of sp³-hybridized carbons (Fsp3) is 0.500. The average Bonchev–Trinajstić information content (AvgIpc) is 2.38. The summed E-state index contributed by atoms with van der Waals surface area (Å²) >= 11 is 0. The maximum Gasteiger partial charge on any atom is 0.321 e. The first-order valence-corrected chi connectivity index (χ1v) is 7.10. The van der Waals surface area contributed by atoms with E-state index in [0.717, 1.165) is 5.56 Å². The highest BCUT2D eigenvalue weighted by Crippen LogP contribution is 2.31. The van der Waals surface area contributed by atoms with Crippen LogP contribution in [0.2, 0.25) is 0 Å². The van der Waals surface area contributed by atoms with E-state index in [1.165, 1.54) is 0 Å². The molecule has 1 atom stereocenters. The lowest BCUT2D eigenvalue weighted by molar-refractivity contribution is -0.126. The molecule has 0 aliphatic carbocycles. The van der Waals surface area contributed by atoms with Gasteiger partial charge in [-0.1, -0.05) is 39.0 Å². The second kappa shape index (κ2) is 7.11. The zero-order valence-corrected chi connectivity index (χ0v) is 13.3. The number of hydrogen-bond acceptors (Lipinski definition) is 3.